The third-order valence-corrected chi connectivity index (χ3v) is 4.34. The Morgan fingerprint density at radius 3 is 2.20 bits per heavy atom. The molecule has 2 aliphatic rings. The van der Waals surface area contributed by atoms with E-state index in [1.165, 1.54) is 11.1 Å². The van der Waals surface area contributed by atoms with Crippen LogP contribution in [0.1, 0.15) is 11.1 Å². The minimum atomic E-state index is 0.289. The van der Waals surface area contributed by atoms with Gasteiger partial charge in [-0.3, -0.25) is 9.69 Å². The Kier molecular flexibility index (Phi) is 4.33. The summed E-state index contributed by atoms with van der Waals surface area (Å²) in [5, 5.41) is 3.29. The lowest BCUT2D eigenvalue weighted by Crippen LogP contribution is -2.49. The third-order valence-electron chi connectivity index (χ3n) is 4.34. The fourth-order valence-corrected chi connectivity index (χ4v) is 3.08. The summed E-state index contributed by atoms with van der Waals surface area (Å²) in [5.74, 6) is 0.289. The predicted molar refractivity (Wildman–Crippen MR) is 79.7 cm³/mol. The van der Waals surface area contributed by atoms with Crippen molar-refractivity contribution in [1.29, 1.82) is 0 Å². The van der Waals surface area contributed by atoms with Crippen molar-refractivity contribution < 1.29 is 4.79 Å². The number of hydrogen-bond acceptors (Lipinski definition) is 3. The van der Waals surface area contributed by atoms with E-state index in [9.17, 15) is 4.79 Å². The third kappa shape index (κ3) is 3.19. The fourth-order valence-electron chi connectivity index (χ4n) is 3.08. The Balaban J connectivity index is 1.56. The smallest absolute Gasteiger partial charge is 0.236 e. The lowest BCUT2D eigenvalue weighted by Gasteiger charge is -2.30. The number of amides is 1. The molecule has 0 aliphatic carbocycles. The number of hydrogen-bond donors (Lipinski definition) is 1. The van der Waals surface area contributed by atoms with Gasteiger partial charge in [-0.05, 0) is 24.0 Å². The molecule has 1 aromatic rings. The van der Waals surface area contributed by atoms with Crippen LogP contribution in [0.25, 0.3) is 0 Å². The first-order valence-corrected chi connectivity index (χ1v) is 7.60. The van der Waals surface area contributed by atoms with Crippen LogP contribution in [0.4, 0.5) is 0 Å². The van der Waals surface area contributed by atoms with Gasteiger partial charge in [-0.2, -0.15) is 0 Å². The summed E-state index contributed by atoms with van der Waals surface area (Å²) >= 11 is 0. The zero-order chi connectivity index (χ0) is 13.8. The molecule has 3 rings (SSSR count). The molecule has 1 saturated heterocycles. The summed E-state index contributed by atoms with van der Waals surface area (Å²) in [6.07, 6.45) is 2.12. The second-order valence-electron chi connectivity index (χ2n) is 5.68. The molecule has 0 atom stereocenters. The summed E-state index contributed by atoms with van der Waals surface area (Å²) in [5.41, 5.74) is 2.90. The molecule has 108 valence electrons. The highest BCUT2D eigenvalue weighted by Crippen LogP contribution is 2.15. The number of carbonyl (C=O) groups excluding carboxylic acids is 1. The van der Waals surface area contributed by atoms with E-state index < -0.39 is 0 Å². The molecule has 0 aromatic heterocycles. The Morgan fingerprint density at radius 2 is 1.60 bits per heavy atom. The number of carbonyl (C=O) groups is 1. The molecule has 4 heteroatoms. The van der Waals surface area contributed by atoms with E-state index in [0.717, 1.165) is 52.1 Å². The van der Waals surface area contributed by atoms with Crippen molar-refractivity contribution in [3.05, 3.63) is 35.4 Å². The fraction of sp³-hybridized carbons (Fsp3) is 0.562. The van der Waals surface area contributed by atoms with Crippen LogP contribution in [0.5, 0.6) is 0 Å². The molecule has 1 N–H and O–H groups in total. The number of piperazine rings is 1. The molecular weight excluding hydrogens is 250 g/mol. The molecule has 0 bridgehead atoms. The maximum absolute atomic E-state index is 12.3. The van der Waals surface area contributed by atoms with E-state index >= 15 is 0 Å². The van der Waals surface area contributed by atoms with Crippen molar-refractivity contribution >= 4 is 5.91 Å². The van der Waals surface area contributed by atoms with Gasteiger partial charge in [0, 0.05) is 39.3 Å². The molecular formula is C16H23N3O. The zero-order valence-corrected chi connectivity index (χ0v) is 12.0. The van der Waals surface area contributed by atoms with Crippen LogP contribution in [0.2, 0.25) is 0 Å². The minimum absolute atomic E-state index is 0.289. The average Bonchev–Trinajstić information content (AvgIpc) is 2.71. The van der Waals surface area contributed by atoms with E-state index in [2.05, 4.69) is 34.5 Å². The predicted octanol–water partition coefficient (Wildman–Crippen LogP) is 0.519. The highest BCUT2D eigenvalue weighted by atomic mass is 16.2. The molecule has 2 heterocycles. The molecule has 2 aliphatic heterocycles. The normalized spacial score (nSPS) is 20.3. The number of rotatable bonds is 2. The number of nitrogens with zero attached hydrogens (tertiary/aromatic N) is 2. The van der Waals surface area contributed by atoms with E-state index in [1.807, 2.05) is 4.90 Å². The molecule has 1 aromatic carbocycles. The Morgan fingerprint density at radius 1 is 1.00 bits per heavy atom. The van der Waals surface area contributed by atoms with Crippen LogP contribution in [0.15, 0.2) is 24.3 Å². The van der Waals surface area contributed by atoms with Crippen molar-refractivity contribution in [2.75, 3.05) is 45.8 Å². The van der Waals surface area contributed by atoms with Crippen LogP contribution in [-0.4, -0.2) is 61.5 Å². The average molecular weight is 273 g/mol. The van der Waals surface area contributed by atoms with E-state index in [1.54, 1.807) is 0 Å². The number of benzene rings is 1. The highest BCUT2D eigenvalue weighted by Gasteiger charge is 2.20. The molecule has 0 saturated carbocycles. The van der Waals surface area contributed by atoms with Crippen molar-refractivity contribution in [2.45, 2.75) is 12.8 Å². The maximum Gasteiger partial charge on any atom is 0.236 e. The van der Waals surface area contributed by atoms with Gasteiger partial charge in [0.2, 0.25) is 5.91 Å². The largest absolute Gasteiger partial charge is 0.339 e. The number of nitrogens with one attached hydrogen (secondary N) is 1. The lowest BCUT2D eigenvalue weighted by molar-refractivity contribution is -0.133. The Labute approximate surface area is 120 Å². The van der Waals surface area contributed by atoms with Gasteiger partial charge in [0.15, 0.2) is 0 Å². The van der Waals surface area contributed by atoms with Crippen molar-refractivity contribution in [3.8, 4) is 0 Å². The SMILES string of the molecule is O=C(CN1CCc2ccccc2CC1)N1CCNCC1. The van der Waals surface area contributed by atoms with Crippen LogP contribution >= 0.6 is 0 Å². The van der Waals surface area contributed by atoms with E-state index in [0.29, 0.717) is 6.54 Å². The van der Waals surface area contributed by atoms with Gasteiger partial charge < -0.3 is 10.2 Å². The van der Waals surface area contributed by atoms with Gasteiger partial charge in [-0.25, -0.2) is 0 Å². The van der Waals surface area contributed by atoms with E-state index in [4.69, 9.17) is 0 Å². The first kappa shape index (κ1) is 13.6. The molecule has 20 heavy (non-hydrogen) atoms. The van der Waals surface area contributed by atoms with Gasteiger partial charge in [-0.15, -0.1) is 0 Å². The monoisotopic (exact) mass is 273 g/mol. The second kappa shape index (κ2) is 6.37. The standard InChI is InChI=1S/C16H23N3O/c20-16(19-11-7-17-8-12-19)13-18-9-5-14-3-1-2-4-15(14)6-10-18/h1-4,17H,5-13H2. The quantitative estimate of drug-likeness (QED) is 0.853. The van der Waals surface area contributed by atoms with Crippen LogP contribution in [-0.2, 0) is 17.6 Å². The summed E-state index contributed by atoms with van der Waals surface area (Å²) < 4.78 is 0. The maximum atomic E-state index is 12.3. The minimum Gasteiger partial charge on any atom is -0.339 e. The second-order valence-corrected chi connectivity index (χ2v) is 5.68. The van der Waals surface area contributed by atoms with Gasteiger partial charge in [0.05, 0.1) is 6.54 Å². The van der Waals surface area contributed by atoms with Crippen molar-refractivity contribution in [2.24, 2.45) is 0 Å². The highest BCUT2D eigenvalue weighted by molar-refractivity contribution is 5.78. The first-order chi connectivity index (χ1) is 9.83. The van der Waals surface area contributed by atoms with Crippen molar-refractivity contribution in [1.82, 2.24) is 15.1 Å². The van der Waals surface area contributed by atoms with E-state index in [-0.39, 0.29) is 5.91 Å². The topological polar surface area (TPSA) is 35.6 Å². The summed E-state index contributed by atoms with van der Waals surface area (Å²) in [7, 11) is 0. The van der Waals surface area contributed by atoms with Gasteiger partial charge in [-0.1, -0.05) is 24.3 Å². The zero-order valence-electron chi connectivity index (χ0n) is 12.0. The molecule has 4 nitrogen and oxygen atoms in total. The molecule has 0 spiro atoms. The Bertz CT molecular complexity index is 442. The summed E-state index contributed by atoms with van der Waals surface area (Å²) in [6, 6.07) is 8.66. The first-order valence-electron chi connectivity index (χ1n) is 7.60. The molecule has 1 fully saturated rings. The van der Waals surface area contributed by atoms with Crippen LogP contribution < -0.4 is 5.32 Å². The molecule has 0 unspecified atom stereocenters. The van der Waals surface area contributed by atoms with Gasteiger partial charge in [0.25, 0.3) is 0 Å². The van der Waals surface area contributed by atoms with Crippen LogP contribution in [0.3, 0.4) is 0 Å². The summed E-state index contributed by atoms with van der Waals surface area (Å²) in [6.45, 7) is 6.13. The van der Waals surface area contributed by atoms with Gasteiger partial charge >= 0.3 is 0 Å². The van der Waals surface area contributed by atoms with Gasteiger partial charge in [0.1, 0.15) is 0 Å². The summed E-state index contributed by atoms with van der Waals surface area (Å²) in [4.78, 5) is 16.6. The molecule has 0 radical (unpaired) electrons. The lowest BCUT2D eigenvalue weighted by atomic mass is 10.0. The van der Waals surface area contributed by atoms with Crippen molar-refractivity contribution in [3.63, 3.8) is 0 Å². The van der Waals surface area contributed by atoms with Crippen LogP contribution in [0, 0.1) is 0 Å². The Hall–Kier alpha value is -1.39. The molecule has 1 amide bonds. The number of fused-ring (bicyclic) bond motifs is 1.